The van der Waals surface area contributed by atoms with Gasteiger partial charge >= 0.3 is 0 Å². The number of aromatic nitrogens is 2. The molecule has 0 bridgehead atoms. The minimum absolute atomic E-state index is 0.0584. The summed E-state index contributed by atoms with van der Waals surface area (Å²) >= 11 is 5.72. The van der Waals surface area contributed by atoms with Crippen LogP contribution in [0, 0.1) is 29.4 Å². The van der Waals surface area contributed by atoms with Crippen molar-refractivity contribution in [2.75, 3.05) is 23.3 Å². The summed E-state index contributed by atoms with van der Waals surface area (Å²) in [4.78, 5) is 19.9. The van der Waals surface area contributed by atoms with Gasteiger partial charge in [-0.05, 0) is 25.0 Å². The maximum absolute atomic E-state index is 13.8. The molecule has 138 valence electrons. The molecular weight excluding hydrogens is 376 g/mol. The van der Waals surface area contributed by atoms with Crippen LogP contribution in [-0.2, 0) is 4.79 Å². The lowest BCUT2D eigenvalue weighted by Crippen LogP contribution is -2.39. The van der Waals surface area contributed by atoms with Gasteiger partial charge in [0, 0.05) is 25.2 Å². The summed E-state index contributed by atoms with van der Waals surface area (Å²) in [6.45, 7) is 0.117. The van der Waals surface area contributed by atoms with Crippen LogP contribution >= 0.6 is 11.6 Å². The molecule has 1 aliphatic heterocycles. The number of piperidine rings is 1. The predicted molar refractivity (Wildman–Crippen MR) is 86.9 cm³/mol. The van der Waals surface area contributed by atoms with Crippen molar-refractivity contribution < 1.29 is 22.4 Å². The number of rotatable bonds is 3. The quantitative estimate of drug-likeness (QED) is 0.645. The second-order valence-electron chi connectivity index (χ2n) is 5.78. The Hall–Kier alpha value is -2.42. The molecule has 0 aliphatic carbocycles. The Kier molecular flexibility index (Phi) is 5.26. The average Bonchev–Trinajstić information content (AvgIpc) is 2.63. The van der Waals surface area contributed by atoms with E-state index in [0.717, 1.165) is 0 Å². The maximum atomic E-state index is 13.8. The molecule has 2 aromatic rings. The molecule has 1 amide bonds. The molecule has 0 spiro atoms. The lowest BCUT2D eigenvalue weighted by molar-refractivity contribution is -0.120. The normalized spacial score (nSPS) is 15.2. The van der Waals surface area contributed by atoms with Crippen LogP contribution in [0.4, 0.5) is 29.1 Å². The van der Waals surface area contributed by atoms with Crippen LogP contribution in [-0.4, -0.2) is 29.0 Å². The average molecular weight is 389 g/mol. The van der Waals surface area contributed by atoms with Crippen molar-refractivity contribution in [3.05, 3.63) is 46.9 Å². The topological polar surface area (TPSA) is 58.1 Å². The smallest absolute Gasteiger partial charge is 0.253 e. The molecule has 1 N–H and O–H groups in total. The highest BCUT2D eigenvalue weighted by atomic mass is 35.5. The fourth-order valence-corrected chi connectivity index (χ4v) is 2.91. The number of halogens is 5. The van der Waals surface area contributed by atoms with Crippen molar-refractivity contribution in [3.8, 4) is 0 Å². The number of nitrogens with one attached hydrogen (secondary N) is 1. The van der Waals surface area contributed by atoms with Gasteiger partial charge in [-0.2, -0.15) is 22.5 Å². The van der Waals surface area contributed by atoms with E-state index < -0.39 is 35.1 Å². The van der Waals surface area contributed by atoms with E-state index in [9.17, 15) is 22.4 Å². The van der Waals surface area contributed by atoms with Crippen LogP contribution in [0.3, 0.4) is 0 Å². The molecule has 26 heavy (non-hydrogen) atoms. The van der Waals surface area contributed by atoms with Gasteiger partial charge in [-0.25, -0.2) is 4.98 Å². The third kappa shape index (κ3) is 3.72. The van der Waals surface area contributed by atoms with Crippen molar-refractivity contribution in [3.63, 3.8) is 0 Å². The number of carbonyl (C=O) groups is 1. The predicted octanol–water partition coefficient (Wildman–Crippen LogP) is 3.54. The van der Waals surface area contributed by atoms with E-state index in [1.807, 2.05) is 0 Å². The summed E-state index contributed by atoms with van der Waals surface area (Å²) in [6.07, 6.45) is 1.89. The van der Waals surface area contributed by atoms with Gasteiger partial charge in [-0.3, -0.25) is 4.79 Å². The first-order valence-electron chi connectivity index (χ1n) is 7.74. The number of carbonyl (C=O) groups excluding carboxylic acids is 1. The Labute approximate surface area is 151 Å². The number of anilines is 2. The lowest BCUT2D eigenvalue weighted by Gasteiger charge is -2.33. The highest BCUT2D eigenvalue weighted by Crippen LogP contribution is 2.30. The lowest BCUT2D eigenvalue weighted by atomic mass is 9.95. The van der Waals surface area contributed by atoms with Crippen LogP contribution in [0.15, 0.2) is 18.3 Å². The molecule has 5 nitrogen and oxygen atoms in total. The first kappa shape index (κ1) is 18.4. The van der Waals surface area contributed by atoms with E-state index in [1.54, 1.807) is 12.1 Å². The molecule has 0 radical (unpaired) electrons. The SMILES string of the molecule is O=C(Nc1ccc(Cl)cn1)C1CCN(c2c(F)c(F)nc(F)c2F)CC1. The molecular formula is C16H13ClF4N4O. The summed E-state index contributed by atoms with van der Waals surface area (Å²) in [5.41, 5.74) is -0.798. The summed E-state index contributed by atoms with van der Waals surface area (Å²) in [7, 11) is 0. The monoisotopic (exact) mass is 388 g/mol. The molecule has 1 fully saturated rings. The fourth-order valence-electron chi connectivity index (χ4n) is 2.80. The van der Waals surface area contributed by atoms with E-state index in [1.165, 1.54) is 11.1 Å². The van der Waals surface area contributed by atoms with Crippen molar-refractivity contribution in [1.29, 1.82) is 0 Å². The second-order valence-corrected chi connectivity index (χ2v) is 6.22. The van der Waals surface area contributed by atoms with Crippen molar-refractivity contribution in [2.24, 2.45) is 5.92 Å². The van der Waals surface area contributed by atoms with Crippen LogP contribution < -0.4 is 10.2 Å². The zero-order chi connectivity index (χ0) is 18.8. The van der Waals surface area contributed by atoms with Gasteiger partial charge in [0.2, 0.25) is 17.5 Å². The molecule has 3 heterocycles. The zero-order valence-electron chi connectivity index (χ0n) is 13.3. The molecule has 0 atom stereocenters. The summed E-state index contributed by atoms with van der Waals surface area (Å²) < 4.78 is 54.1. The van der Waals surface area contributed by atoms with Gasteiger partial charge < -0.3 is 10.2 Å². The Morgan fingerprint density at radius 3 is 2.27 bits per heavy atom. The molecule has 10 heteroatoms. The number of nitrogens with zero attached hydrogens (tertiary/aromatic N) is 3. The van der Waals surface area contributed by atoms with Crippen LogP contribution in [0.5, 0.6) is 0 Å². The van der Waals surface area contributed by atoms with Crippen molar-refractivity contribution >= 4 is 29.0 Å². The summed E-state index contributed by atoms with van der Waals surface area (Å²) in [5.74, 6) is -6.88. The van der Waals surface area contributed by atoms with Gasteiger partial charge in [-0.15, -0.1) is 0 Å². The molecule has 0 aromatic carbocycles. The second kappa shape index (κ2) is 7.45. The van der Waals surface area contributed by atoms with Crippen molar-refractivity contribution in [1.82, 2.24) is 9.97 Å². The van der Waals surface area contributed by atoms with Gasteiger partial charge in [0.15, 0.2) is 0 Å². The van der Waals surface area contributed by atoms with Crippen LogP contribution in [0.2, 0.25) is 5.02 Å². The Morgan fingerprint density at radius 2 is 1.73 bits per heavy atom. The number of pyridine rings is 2. The minimum atomic E-state index is -1.70. The largest absolute Gasteiger partial charge is 0.366 e. The summed E-state index contributed by atoms with van der Waals surface area (Å²) in [5, 5.41) is 3.06. The fraction of sp³-hybridized carbons (Fsp3) is 0.312. The Bertz CT molecular complexity index is 800. The zero-order valence-corrected chi connectivity index (χ0v) is 14.0. The van der Waals surface area contributed by atoms with Crippen LogP contribution in [0.1, 0.15) is 12.8 Å². The van der Waals surface area contributed by atoms with E-state index in [4.69, 9.17) is 11.6 Å². The number of hydrogen-bond acceptors (Lipinski definition) is 4. The molecule has 0 saturated carbocycles. The highest BCUT2D eigenvalue weighted by molar-refractivity contribution is 6.30. The number of hydrogen-bond donors (Lipinski definition) is 1. The Morgan fingerprint density at radius 1 is 1.12 bits per heavy atom. The first-order valence-corrected chi connectivity index (χ1v) is 8.12. The highest BCUT2D eigenvalue weighted by Gasteiger charge is 2.31. The van der Waals surface area contributed by atoms with Crippen molar-refractivity contribution in [2.45, 2.75) is 12.8 Å². The van der Waals surface area contributed by atoms with Gasteiger partial charge in [0.05, 0.1) is 5.02 Å². The summed E-state index contributed by atoms with van der Waals surface area (Å²) in [6, 6.07) is 3.12. The molecule has 3 rings (SSSR count). The van der Waals surface area contributed by atoms with E-state index in [2.05, 4.69) is 15.3 Å². The molecule has 1 saturated heterocycles. The Balaban J connectivity index is 1.66. The number of amides is 1. The molecule has 2 aromatic heterocycles. The standard InChI is InChI=1S/C16H13ClF4N4O/c17-9-1-2-10(22-7-9)23-16(26)8-3-5-25(6-4-8)13-11(18)14(20)24-15(21)12(13)19/h1-2,7-8H,3-6H2,(H,22,23,26). The van der Waals surface area contributed by atoms with E-state index >= 15 is 0 Å². The third-order valence-corrected chi connectivity index (χ3v) is 4.36. The van der Waals surface area contributed by atoms with Gasteiger partial charge in [0.1, 0.15) is 11.5 Å². The first-order chi connectivity index (χ1) is 12.4. The minimum Gasteiger partial charge on any atom is -0.366 e. The van der Waals surface area contributed by atoms with Gasteiger partial charge in [-0.1, -0.05) is 11.6 Å². The molecule has 0 unspecified atom stereocenters. The molecule has 1 aliphatic rings. The van der Waals surface area contributed by atoms with Gasteiger partial charge in [0.25, 0.3) is 11.9 Å². The van der Waals surface area contributed by atoms with E-state index in [-0.39, 0.29) is 31.8 Å². The maximum Gasteiger partial charge on any atom is 0.253 e. The van der Waals surface area contributed by atoms with Crippen LogP contribution in [0.25, 0.3) is 0 Å². The third-order valence-electron chi connectivity index (χ3n) is 4.14. The van der Waals surface area contributed by atoms with E-state index in [0.29, 0.717) is 10.8 Å².